The van der Waals surface area contributed by atoms with Gasteiger partial charge in [0.15, 0.2) is 5.16 Å². The average molecular weight is 396 g/mol. The molecular formula is C22H25N3O2S. The van der Waals surface area contributed by atoms with Gasteiger partial charge in [0.1, 0.15) is 0 Å². The zero-order valence-corrected chi connectivity index (χ0v) is 17.2. The van der Waals surface area contributed by atoms with Gasteiger partial charge in [-0.05, 0) is 38.0 Å². The van der Waals surface area contributed by atoms with Crippen molar-refractivity contribution in [3.63, 3.8) is 0 Å². The van der Waals surface area contributed by atoms with Crippen LogP contribution in [0.15, 0.2) is 64.5 Å². The molecule has 3 aromatic rings. The van der Waals surface area contributed by atoms with E-state index in [0.29, 0.717) is 22.6 Å². The quantitative estimate of drug-likeness (QED) is 0.482. The molecule has 0 bridgehead atoms. The summed E-state index contributed by atoms with van der Waals surface area (Å²) in [6, 6.07) is 17.1. The molecule has 0 aliphatic heterocycles. The van der Waals surface area contributed by atoms with Crippen molar-refractivity contribution in [2.75, 3.05) is 0 Å². The van der Waals surface area contributed by atoms with Crippen molar-refractivity contribution in [1.29, 1.82) is 0 Å². The molecule has 0 saturated heterocycles. The Kier molecular flexibility index (Phi) is 6.52. The molecule has 0 fully saturated rings. The molecule has 28 heavy (non-hydrogen) atoms. The minimum atomic E-state index is -0.373. The SMILES string of the molecule is CCCn1c(SC(C)C(=O)NC(C)c2ccccc2)nc2ccccc2c1=O. The number of carbonyl (C=O) groups is 1. The number of carbonyl (C=O) groups excluding carboxylic acids is 1. The number of amides is 1. The Bertz CT molecular complexity index is 1020. The maximum absolute atomic E-state index is 12.9. The number of hydrogen-bond donors (Lipinski definition) is 1. The number of rotatable bonds is 7. The van der Waals surface area contributed by atoms with Crippen LogP contribution in [0.4, 0.5) is 0 Å². The highest BCUT2D eigenvalue weighted by molar-refractivity contribution is 8.00. The maximum atomic E-state index is 12.9. The molecule has 0 radical (unpaired) electrons. The van der Waals surface area contributed by atoms with Crippen LogP contribution in [0.2, 0.25) is 0 Å². The second-order valence-electron chi connectivity index (χ2n) is 6.77. The second-order valence-corrected chi connectivity index (χ2v) is 8.08. The van der Waals surface area contributed by atoms with E-state index in [1.165, 1.54) is 11.8 Å². The zero-order chi connectivity index (χ0) is 20.1. The lowest BCUT2D eigenvalue weighted by Crippen LogP contribution is -2.34. The molecule has 2 aromatic carbocycles. The number of hydrogen-bond acceptors (Lipinski definition) is 4. The lowest BCUT2D eigenvalue weighted by atomic mass is 10.1. The largest absolute Gasteiger partial charge is 0.349 e. The van der Waals surface area contributed by atoms with Gasteiger partial charge in [-0.1, -0.05) is 61.2 Å². The van der Waals surface area contributed by atoms with Crippen LogP contribution in [0.25, 0.3) is 10.9 Å². The fraction of sp³-hybridized carbons (Fsp3) is 0.318. The third-order valence-electron chi connectivity index (χ3n) is 4.58. The van der Waals surface area contributed by atoms with E-state index < -0.39 is 0 Å². The molecule has 5 nitrogen and oxygen atoms in total. The van der Waals surface area contributed by atoms with Gasteiger partial charge in [-0.15, -0.1) is 0 Å². The molecule has 0 aliphatic carbocycles. The van der Waals surface area contributed by atoms with E-state index in [2.05, 4.69) is 10.3 Å². The first-order valence-corrected chi connectivity index (χ1v) is 10.4. The van der Waals surface area contributed by atoms with Crippen LogP contribution in [-0.2, 0) is 11.3 Å². The van der Waals surface area contributed by atoms with Gasteiger partial charge in [0.2, 0.25) is 5.91 Å². The number of fused-ring (bicyclic) bond motifs is 1. The molecule has 1 N–H and O–H groups in total. The van der Waals surface area contributed by atoms with E-state index in [4.69, 9.17) is 0 Å². The third-order valence-corrected chi connectivity index (χ3v) is 5.67. The average Bonchev–Trinajstić information content (AvgIpc) is 2.71. The van der Waals surface area contributed by atoms with Crippen LogP contribution in [0, 0.1) is 0 Å². The monoisotopic (exact) mass is 395 g/mol. The summed E-state index contributed by atoms with van der Waals surface area (Å²) >= 11 is 1.32. The van der Waals surface area contributed by atoms with Crippen LogP contribution in [0.1, 0.15) is 38.8 Å². The summed E-state index contributed by atoms with van der Waals surface area (Å²) in [5.41, 5.74) is 1.66. The first-order chi connectivity index (χ1) is 13.5. The molecule has 2 atom stereocenters. The smallest absolute Gasteiger partial charge is 0.262 e. The highest BCUT2D eigenvalue weighted by Crippen LogP contribution is 2.24. The van der Waals surface area contributed by atoms with Gasteiger partial charge < -0.3 is 5.32 Å². The molecule has 6 heteroatoms. The van der Waals surface area contributed by atoms with Crippen LogP contribution < -0.4 is 10.9 Å². The molecule has 1 aromatic heterocycles. The standard InChI is InChI=1S/C22H25N3O2S/c1-4-14-25-21(27)18-12-8-9-13-19(18)24-22(25)28-16(3)20(26)23-15(2)17-10-6-5-7-11-17/h5-13,15-16H,4,14H2,1-3H3,(H,23,26). The van der Waals surface area contributed by atoms with Crippen LogP contribution >= 0.6 is 11.8 Å². The summed E-state index contributed by atoms with van der Waals surface area (Å²) in [7, 11) is 0. The summed E-state index contributed by atoms with van der Waals surface area (Å²) in [6.07, 6.45) is 0.819. The fourth-order valence-electron chi connectivity index (χ4n) is 3.03. The number of thioether (sulfide) groups is 1. The maximum Gasteiger partial charge on any atom is 0.262 e. The minimum absolute atomic E-state index is 0.0554. The van der Waals surface area contributed by atoms with Crippen molar-refractivity contribution >= 4 is 28.6 Å². The van der Waals surface area contributed by atoms with E-state index in [0.717, 1.165) is 12.0 Å². The Morgan fingerprint density at radius 3 is 2.50 bits per heavy atom. The van der Waals surface area contributed by atoms with E-state index >= 15 is 0 Å². The number of benzene rings is 2. The predicted molar refractivity (Wildman–Crippen MR) is 115 cm³/mol. The zero-order valence-electron chi connectivity index (χ0n) is 16.4. The topological polar surface area (TPSA) is 64.0 Å². The number of aromatic nitrogens is 2. The van der Waals surface area contributed by atoms with E-state index in [-0.39, 0.29) is 22.8 Å². The molecule has 1 amide bonds. The van der Waals surface area contributed by atoms with Gasteiger partial charge in [-0.25, -0.2) is 4.98 Å². The number of nitrogens with one attached hydrogen (secondary N) is 1. The Balaban J connectivity index is 1.82. The molecular weight excluding hydrogens is 370 g/mol. The number of nitrogens with zero attached hydrogens (tertiary/aromatic N) is 2. The van der Waals surface area contributed by atoms with Crippen LogP contribution in [0.5, 0.6) is 0 Å². The minimum Gasteiger partial charge on any atom is -0.349 e. The molecule has 1 heterocycles. The van der Waals surface area contributed by atoms with E-state index in [1.807, 2.05) is 69.3 Å². The molecule has 0 aliphatic rings. The van der Waals surface area contributed by atoms with Gasteiger partial charge in [0.05, 0.1) is 22.2 Å². The second kappa shape index (κ2) is 9.06. The van der Waals surface area contributed by atoms with E-state index in [9.17, 15) is 9.59 Å². The molecule has 146 valence electrons. The first kappa shape index (κ1) is 20.1. The Morgan fingerprint density at radius 1 is 1.11 bits per heavy atom. The van der Waals surface area contributed by atoms with Gasteiger partial charge in [0, 0.05) is 6.54 Å². The highest BCUT2D eigenvalue weighted by Gasteiger charge is 2.20. The summed E-state index contributed by atoms with van der Waals surface area (Å²) in [5.74, 6) is -0.0770. The summed E-state index contributed by atoms with van der Waals surface area (Å²) in [5, 5.41) is 3.86. The van der Waals surface area contributed by atoms with E-state index in [1.54, 1.807) is 10.6 Å². The Hall–Kier alpha value is -2.60. The third kappa shape index (κ3) is 4.44. The summed E-state index contributed by atoms with van der Waals surface area (Å²) in [4.78, 5) is 30.2. The van der Waals surface area contributed by atoms with Crippen molar-refractivity contribution in [3.8, 4) is 0 Å². The summed E-state index contributed by atoms with van der Waals surface area (Å²) < 4.78 is 1.68. The normalized spacial score (nSPS) is 13.2. The van der Waals surface area contributed by atoms with Crippen molar-refractivity contribution in [1.82, 2.24) is 14.9 Å². The summed E-state index contributed by atoms with van der Waals surface area (Å²) in [6.45, 7) is 6.41. The Morgan fingerprint density at radius 2 is 1.79 bits per heavy atom. The molecule has 3 rings (SSSR count). The predicted octanol–water partition coefficient (Wildman–Crippen LogP) is 4.16. The van der Waals surface area contributed by atoms with Crippen molar-refractivity contribution in [3.05, 3.63) is 70.5 Å². The van der Waals surface area contributed by atoms with Gasteiger partial charge >= 0.3 is 0 Å². The van der Waals surface area contributed by atoms with Crippen LogP contribution in [-0.4, -0.2) is 20.7 Å². The fourth-order valence-corrected chi connectivity index (χ4v) is 3.97. The molecule has 0 saturated carbocycles. The van der Waals surface area contributed by atoms with Gasteiger partial charge in [0.25, 0.3) is 5.56 Å². The lowest BCUT2D eigenvalue weighted by Gasteiger charge is -2.19. The van der Waals surface area contributed by atoms with Gasteiger partial charge in [-0.2, -0.15) is 0 Å². The van der Waals surface area contributed by atoms with Crippen molar-refractivity contribution < 1.29 is 4.79 Å². The number of para-hydroxylation sites is 1. The Labute approximate surface area is 169 Å². The molecule has 2 unspecified atom stereocenters. The van der Waals surface area contributed by atoms with Crippen molar-refractivity contribution in [2.24, 2.45) is 0 Å². The molecule has 0 spiro atoms. The van der Waals surface area contributed by atoms with Crippen molar-refractivity contribution in [2.45, 2.75) is 50.2 Å². The highest BCUT2D eigenvalue weighted by atomic mass is 32.2. The van der Waals surface area contributed by atoms with Gasteiger partial charge in [-0.3, -0.25) is 14.2 Å². The lowest BCUT2D eigenvalue weighted by molar-refractivity contribution is -0.120. The van der Waals surface area contributed by atoms with Crippen LogP contribution in [0.3, 0.4) is 0 Å². The first-order valence-electron chi connectivity index (χ1n) is 9.52.